The fraction of sp³-hybridized carbons (Fsp3) is 0.250. The summed E-state index contributed by atoms with van der Waals surface area (Å²) in [7, 11) is 0. The van der Waals surface area contributed by atoms with Gasteiger partial charge in [-0.15, -0.1) is 0 Å². The molecule has 0 aliphatic carbocycles. The maximum absolute atomic E-state index is 12.4. The maximum Gasteiger partial charge on any atom is 0.336 e. The Morgan fingerprint density at radius 1 is 1.19 bits per heavy atom. The SMILES string of the molecule is CSCC(C)NC(=O)c1cccc2cccc(C(=O)O)c12. The minimum absolute atomic E-state index is 0.0275. The summed E-state index contributed by atoms with van der Waals surface area (Å²) in [6, 6.07) is 10.3. The number of carbonyl (C=O) groups excluding carboxylic acids is 1. The predicted octanol–water partition coefficient (Wildman–Crippen LogP) is 3.02. The van der Waals surface area contributed by atoms with Gasteiger partial charge >= 0.3 is 5.97 Å². The molecule has 0 saturated carbocycles. The molecule has 0 aliphatic rings. The molecule has 110 valence electrons. The number of nitrogens with one attached hydrogen (secondary N) is 1. The van der Waals surface area contributed by atoms with Gasteiger partial charge in [-0.2, -0.15) is 11.8 Å². The molecule has 2 aromatic rings. The molecule has 0 spiro atoms. The van der Waals surface area contributed by atoms with Crippen molar-refractivity contribution in [1.82, 2.24) is 5.32 Å². The Labute approximate surface area is 127 Å². The average molecular weight is 303 g/mol. The molecule has 0 saturated heterocycles. The lowest BCUT2D eigenvalue weighted by atomic mass is 9.98. The fourth-order valence-electron chi connectivity index (χ4n) is 2.30. The van der Waals surface area contributed by atoms with Crippen molar-refractivity contribution in [2.24, 2.45) is 0 Å². The number of hydrogen-bond donors (Lipinski definition) is 2. The first kappa shape index (κ1) is 15.4. The quantitative estimate of drug-likeness (QED) is 0.891. The van der Waals surface area contributed by atoms with E-state index in [1.165, 1.54) is 6.07 Å². The van der Waals surface area contributed by atoms with Gasteiger partial charge in [-0.1, -0.05) is 24.3 Å². The highest BCUT2D eigenvalue weighted by Crippen LogP contribution is 2.23. The van der Waals surface area contributed by atoms with Crippen LogP contribution in [0.4, 0.5) is 0 Å². The monoisotopic (exact) mass is 303 g/mol. The molecule has 0 fully saturated rings. The van der Waals surface area contributed by atoms with Crippen LogP contribution in [0.5, 0.6) is 0 Å². The number of amides is 1. The van der Waals surface area contributed by atoms with Crippen molar-refractivity contribution in [2.45, 2.75) is 13.0 Å². The Morgan fingerprint density at radius 2 is 1.81 bits per heavy atom. The van der Waals surface area contributed by atoms with Crippen LogP contribution in [-0.2, 0) is 0 Å². The van der Waals surface area contributed by atoms with Gasteiger partial charge in [0.25, 0.3) is 5.91 Å². The van der Waals surface area contributed by atoms with Gasteiger partial charge in [0.2, 0.25) is 0 Å². The number of fused-ring (bicyclic) bond motifs is 1. The number of carbonyl (C=O) groups is 2. The molecule has 2 rings (SSSR count). The van der Waals surface area contributed by atoms with Gasteiger partial charge in [0.1, 0.15) is 0 Å². The summed E-state index contributed by atoms with van der Waals surface area (Å²) in [5.41, 5.74) is 0.550. The Morgan fingerprint density at radius 3 is 2.38 bits per heavy atom. The molecule has 0 heterocycles. The summed E-state index contributed by atoms with van der Waals surface area (Å²) in [4.78, 5) is 23.8. The van der Waals surface area contributed by atoms with E-state index in [0.29, 0.717) is 10.9 Å². The number of aromatic carboxylic acids is 1. The van der Waals surface area contributed by atoms with Gasteiger partial charge in [0.05, 0.1) is 5.56 Å². The van der Waals surface area contributed by atoms with E-state index in [1.54, 1.807) is 30.0 Å². The smallest absolute Gasteiger partial charge is 0.336 e. The zero-order chi connectivity index (χ0) is 15.4. The summed E-state index contributed by atoms with van der Waals surface area (Å²) in [5, 5.41) is 13.5. The predicted molar refractivity (Wildman–Crippen MR) is 86.2 cm³/mol. The van der Waals surface area contributed by atoms with Crippen LogP contribution in [0.15, 0.2) is 36.4 Å². The third-order valence-electron chi connectivity index (χ3n) is 3.17. The minimum atomic E-state index is -1.03. The van der Waals surface area contributed by atoms with E-state index >= 15 is 0 Å². The van der Waals surface area contributed by atoms with Gasteiger partial charge in [0.15, 0.2) is 0 Å². The van der Waals surface area contributed by atoms with Gasteiger partial charge < -0.3 is 10.4 Å². The van der Waals surface area contributed by atoms with Crippen LogP contribution in [0.3, 0.4) is 0 Å². The minimum Gasteiger partial charge on any atom is -0.478 e. The van der Waals surface area contributed by atoms with E-state index in [-0.39, 0.29) is 17.5 Å². The maximum atomic E-state index is 12.4. The van der Waals surface area contributed by atoms with E-state index in [1.807, 2.05) is 25.3 Å². The first-order valence-electron chi connectivity index (χ1n) is 6.59. The Balaban J connectivity index is 2.48. The molecule has 1 atom stereocenters. The highest BCUT2D eigenvalue weighted by Gasteiger charge is 2.17. The molecular weight excluding hydrogens is 286 g/mol. The van der Waals surface area contributed by atoms with Crippen LogP contribution in [-0.4, -0.2) is 35.0 Å². The normalized spacial score (nSPS) is 12.1. The zero-order valence-electron chi connectivity index (χ0n) is 11.9. The van der Waals surface area contributed by atoms with E-state index in [4.69, 9.17) is 0 Å². The molecule has 21 heavy (non-hydrogen) atoms. The van der Waals surface area contributed by atoms with Crippen LogP contribution in [0.25, 0.3) is 10.8 Å². The number of carboxylic acids is 1. The number of hydrogen-bond acceptors (Lipinski definition) is 3. The second-order valence-corrected chi connectivity index (χ2v) is 5.75. The van der Waals surface area contributed by atoms with Gasteiger partial charge in [0, 0.05) is 22.7 Å². The van der Waals surface area contributed by atoms with Crippen molar-refractivity contribution >= 4 is 34.4 Å². The van der Waals surface area contributed by atoms with Crippen LogP contribution in [0.2, 0.25) is 0 Å². The molecule has 0 aromatic heterocycles. The van der Waals surface area contributed by atoms with Crippen LogP contribution >= 0.6 is 11.8 Å². The van der Waals surface area contributed by atoms with Crippen molar-refractivity contribution in [3.8, 4) is 0 Å². The molecule has 0 radical (unpaired) electrons. The third-order valence-corrected chi connectivity index (χ3v) is 4.01. The number of rotatable bonds is 5. The standard InChI is InChI=1S/C16H17NO3S/c1-10(9-21-2)17-15(18)12-7-3-5-11-6-4-8-13(14(11)12)16(19)20/h3-8,10H,9H2,1-2H3,(H,17,18)(H,19,20). The lowest BCUT2D eigenvalue weighted by Gasteiger charge is -2.14. The van der Waals surface area contributed by atoms with Crippen molar-refractivity contribution in [3.63, 3.8) is 0 Å². The van der Waals surface area contributed by atoms with Gasteiger partial charge in [-0.25, -0.2) is 4.79 Å². The van der Waals surface area contributed by atoms with Crippen LogP contribution < -0.4 is 5.32 Å². The summed E-state index contributed by atoms with van der Waals surface area (Å²) in [6.07, 6.45) is 1.98. The fourth-order valence-corrected chi connectivity index (χ4v) is 2.88. The Hall–Kier alpha value is -2.01. The van der Waals surface area contributed by atoms with E-state index in [0.717, 1.165) is 11.1 Å². The number of benzene rings is 2. The van der Waals surface area contributed by atoms with Gasteiger partial charge in [-0.3, -0.25) is 4.79 Å². The lowest BCUT2D eigenvalue weighted by Crippen LogP contribution is -2.34. The molecule has 4 nitrogen and oxygen atoms in total. The summed E-state index contributed by atoms with van der Waals surface area (Å²) < 4.78 is 0. The van der Waals surface area contributed by atoms with Gasteiger partial charge in [-0.05, 0) is 30.7 Å². The first-order chi connectivity index (χ1) is 10.0. The molecule has 2 N–H and O–H groups in total. The van der Waals surface area contributed by atoms with Crippen molar-refractivity contribution < 1.29 is 14.7 Å². The summed E-state index contributed by atoms with van der Waals surface area (Å²) in [6.45, 7) is 1.93. The first-order valence-corrected chi connectivity index (χ1v) is 7.98. The molecule has 1 unspecified atom stereocenters. The van der Waals surface area contributed by atoms with Crippen molar-refractivity contribution in [3.05, 3.63) is 47.5 Å². The summed E-state index contributed by atoms with van der Waals surface area (Å²) in [5.74, 6) is -0.462. The number of thioether (sulfide) groups is 1. The highest BCUT2D eigenvalue weighted by atomic mass is 32.2. The topological polar surface area (TPSA) is 66.4 Å². The van der Waals surface area contributed by atoms with Crippen molar-refractivity contribution in [1.29, 1.82) is 0 Å². The third kappa shape index (κ3) is 3.36. The molecule has 0 bridgehead atoms. The Bertz CT molecular complexity index is 679. The summed E-state index contributed by atoms with van der Waals surface area (Å²) >= 11 is 1.65. The molecule has 5 heteroatoms. The average Bonchev–Trinajstić information content (AvgIpc) is 2.45. The van der Waals surface area contributed by atoms with Crippen LogP contribution in [0.1, 0.15) is 27.6 Å². The molecular formula is C16H17NO3S. The van der Waals surface area contributed by atoms with E-state index in [9.17, 15) is 14.7 Å². The Kier molecular flexibility index (Phi) is 4.85. The number of carboxylic acid groups (broad SMARTS) is 1. The lowest BCUT2D eigenvalue weighted by molar-refractivity contribution is 0.0699. The molecule has 0 aliphatic heterocycles. The highest BCUT2D eigenvalue weighted by molar-refractivity contribution is 7.98. The van der Waals surface area contributed by atoms with E-state index in [2.05, 4.69) is 5.32 Å². The molecule has 1 amide bonds. The molecule has 2 aromatic carbocycles. The zero-order valence-corrected chi connectivity index (χ0v) is 12.7. The largest absolute Gasteiger partial charge is 0.478 e. The van der Waals surface area contributed by atoms with Crippen molar-refractivity contribution in [2.75, 3.05) is 12.0 Å². The van der Waals surface area contributed by atoms with E-state index < -0.39 is 5.97 Å². The second kappa shape index (κ2) is 6.63. The second-order valence-electron chi connectivity index (χ2n) is 4.84. The van der Waals surface area contributed by atoms with Crippen LogP contribution in [0, 0.1) is 0 Å².